The molecule has 3 aliphatic heterocycles. The van der Waals surface area contributed by atoms with Crippen molar-refractivity contribution < 1.29 is 5.11 Å². The number of likely N-dealkylation sites (N-methyl/N-ethyl adjacent to an activating group) is 1. The fraction of sp³-hybridized carbons (Fsp3) is 0.360. The number of hydrogen-bond donors (Lipinski definition) is 1. The van der Waals surface area contributed by atoms with Crippen molar-refractivity contribution in [2.45, 2.75) is 32.9 Å². The lowest BCUT2D eigenvalue weighted by atomic mass is 9.91. The lowest BCUT2D eigenvalue weighted by molar-refractivity contribution is 0.105. The molecule has 0 amide bonds. The van der Waals surface area contributed by atoms with Crippen molar-refractivity contribution in [3.63, 3.8) is 0 Å². The third-order valence-corrected chi connectivity index (χ3v) is 6.39. The summed E-state index contributed by atoms with van der Waals surface area (Å²) >= 11 is 0. The predicted octanol–water partition coefficient (Wildman–Crippen LogP) is 3.68. The summed E-state index contributed by atoms with van der Waals surface area (Å²) in [4.78, 5) is 8.66. The van der Waals surface area contributed by atoms with Crippen LogP contribution in [-0.2, 0) is 0 Å². The second-order valence-electron chi connectivity index (χ2n) is 8.80. The molecule has 2 atom stereocenters. The Balaban J connectivity index is 1.49. The van der Waals surface area contributed by atoms with Crippen molar-refractivity contribution in [2.24, 2.45) is 5.92 Å². The first-order valence-electron chi connectivity index (χ1n) is 11.0. The molecular weight excluding hydrogens is 386 g/mol. The van der Waals surface area contributed by atoms with Crippen LogP contribution in [0.2, 0.25) is 0 Å². The Bertz CT molecular complexity index is 1170. The van der Waals surface area contributed by atoms with Gasteiger partial charge in [-0.3, -0.25) is 4.98 Å². The molecule has 160 valence electrons. The van der Waals surface area contributed by atoms with Gasteiger partial charge < -0.3 is 14.9 Å². The normalized spacial score (nSPS) is 24.7. The van der Waals surface area contributed by atoms with Crippen LogP contribution in [0.5, 0.6) is 0 Å². The number of aliphatic hydroxyl groups is 1. The van der Waals surface area contributed by atoms with E-state index in [4.69, 9.17) is 5.10 Å². The van der Waals surface area contributed by atoms with Crippen LogP contribution in [-0.4, -0.2) is 55.9 Å². The maximum absolute atomic E-state index is 11.2. The minimum absolute atomic E-state index is 0.249. The van der Waals surface area contributed by atoms with Crippen LogP contribution in [0, 0.1) is 12.8 Å². The molecular formula is C25H29N5O. The van der Waals surface area contributed by atoms with E-state index in [0.717, 1.165) is 54.1 Å². The summed E-state index contributed by atoms with van der Waals surface area (Å²) in [6.07, 6.45) is 17.8. The molecule has 31 heavy (non-hydrogen) atoms. The van der Waals surface area contributed by atoms with Crippen LogP contribution in [0.3, 0.4) is 0 Å². The highest BCUT2D eigenvalue weighted by atomic mass is 16.3. The Kier molecular flexibility index (Phi) is 5.12. The molecule has 1 N–H and O–H groups in total. The second-order valence-corrected chi connectivity index (χ2v) is 8.80. The third-order valence-electron chi connectivity index (χ3n) is 6.39. The minimum atomic E-state index is -0.750. The Labute approximate surface area is 183 Å². The number of aliphatic hydroxyl groups excluding tert-OH is 1. The smallest absolute Gasteiger partial charge is 0.150 e. The molecule has 0 radical (unpaired) electrons. The van der Waals surface area contributed by atoms with Crippen LogP contribution >= 0.6 is 0 Å². The average Bonchev–Trinajstić information content (AvgIpc) is 3.18. The fourth-order valence-electron chi connectivity index (χ4n) is 4.45. The largest absolute Gasteiger partial charge is 0.370 e. The van der Waals surface area contributed by atoms with E-state index in [1.807, 2.05) is 34.8 Å². The van der Waals surface area contributed by atoms with Gasteiger partial charge in [-0.25, -0.2) is 4.52 Å². The number of aromatic nitrogens is 3. The van der Waals surface area contributed by atoms with Gasteiger partial charge in [0.25, 0.3) is 0 Å². The number of hydrogen-bond acceptors (Lipinski definition) is 5. The Hall–Kier alpha value is -2.96. The van der Waals surface area contributed by atoms with Gasteiger partial charge in [-0.05, 0) is 67.7 Å². The van der Waals surface area contributed by atoms with E-state index in [2.05, 4.69) is 60.4 Å². The summed E-state index contributed by atoms with van der Waals surface area (Å²) in [5, 5.41) is 16.0. The van der Waals surface area contributed by atoms with Crippen molar-refractivity contribution in [3.05, 3.63) is 83.3 Å². The summed E-state index contributed by atoms with van der Waals surface area (Å²) in [5.41, 5.74) is 7.42. The third kappa shape index (κ3) is 3.89. The van der Waals surface area contributed by atoms with E-state index >= 15 is 0 Å². The van der Waals surface area contributed by atoms with Gasteiger partial charge in [0.05, 0.1) is 29.3 Å². The highest BCUT2D eigenvalue weighted by Gasteiger charge is 2.25. The first-order chi connectivity index (χ1) is 15.0. The van der Waals surface area contributed by atoms with Gasteiger partial charge in [0.15, 0.2) is 6.23 Å². The quantitative estimate of drug-likeness (QED) is 0.811. The molecule has 6 heteroatoms. The predicted molar refractivity (Wildman–Crippen MR) is 123 cm³/mol. The van der Waals surface area contributed by atoms with Crippen LogP contribution in [0.4, 0.5) is 0 Å². The lowest BCUT2D eigenvalue weighted by Crippen LogP contribution is -2.32. The highest BCUT2D eigenvalue weighted by Crippen LogP contribution is 2.33. The fourth-order valence-corrected chi connectivity index (χ4v) is 4.45. The molecule has 5 heterocycles. The molecule has 6 nitrogen and oxygen atoms in total. The first-order valence-corrected chi connectivity index (χ1v) is 11.0. The van der Waals surface area contributed by atoms with E-state index in [9.17, 15) is 5.11 Å². The number of rotatable bonds is 2. The van der Waals surface area contributed by atoms with Gasteiger partial charge >= 0.3 is 0 Å². The van der Waals surface area contributed by atoms with Crippen LogP contribution < -0.4 is 0 Å². The Morgan fingerprint density at radius 1 is 1.19 bits per heavy atom. The van der Waals surface area contributed by atoms with Gasteiger partial charge in [0.1, 0.15) is 0 Å². The molecule has 0 fully saturated rings. The lowest BCUT2D eigenvalue weighted by Gasteiger charge is -2.33. The topological polar surface area (TPSA) is 56.9 Å². The van der Waals surface area contributed by atoms with E-state index in [1.165, 1.54) is 11.1 Å². The van der Waals surface area contributed by atoms with Gasteiger partial charge in [-0.1, -0.05) is 25.2 Å². The zero-order chi connectivity index (χ0) is 21.5. The van der Waals surface area contributed by atoms with Gasteiger partial charge in [0.2, 0.25) is 0 Å². The molecule has 0 aromatic carbocycles. The molecule has 3 aliphatic rings. The molecule has 0 saturated carbocycles. The molecule has 2 aromatic heterocycles. The number of aryl methyl sites for hydroxylation is 1. The second kappa shape index (κ2) is 7.94. The maximum Gasteiger partial charge on any atom is 0.150 e. The first kappa shape index (κ1) is 20.0. The van der Waals surface area contributed by atoms with E-state index < -0.39 is 6.23 Å². The van der Waals surface area contributed by atoms with Crippen molar-refractivity contribution in [1.82, 2.24) is 24.4 Å². The Morgan fingerprint density at radius 3 is 2.87 bits per heavy atom. The number of allylic oxidation sites excluding steroid dienone is 5. The van der Waals surface area contributed by atoms with Crippen LogP contribution in [0.25, 0.3) is 11.1 Å². The van der Waals surface area contributed by atoms with Gasteiger partial charge in [-0.2, -0.15) is 5.10 Å². The molecule has 0 bridgehead atoms. The van der Waals surface area contributed by atoms with Gasteiger partial charge in [0, 0.05) is 25.0 Å². The maximum atomic E-state index is 11.2. The summed E-state index contributed by atoms with van der Waals surface area (Å²) in [5.74, 6) is 0.249. The van der Waals surface area contributed by atoms with Crippen molar-refractivity contribution in [2.75, 3.05) is 20.1 Å². The summed E-state index contributed by atoms with van der Waals surface area (Å²) < 4.78 is 1.87. The monoisotopic (exact) mass is 415 g/mol. The average molecular weight is 416 g/mol. The summed E-state index contributed by atoms with van der Waals surface area (Å²) in [6, 6.07) is 2.05. The molecule has 2 unspecified atom stereocenters. The highest BCUT2D eigenvalue weighted by molar-refractivity contribution is 5.69. The zero-order valence-electron chi connectivity index (χ0n) is 18.4. The molecule has 0 spiro atoms. The zero-order valence-corrected chi connectivity index (χ0v) is 18.4. The summed E-state index contributed by atoms with van der Waals surface area (Å²) in [6.45, 7) is 6.18. The number of nitrogens with zero attached hydrogens (tertiary/aromatic N) is 5. The van der Waals surface area contributed by atoms with Crippen molar-refractivity contribution >= 4 is 11.1 Å². The minimum Gasteiger partial charge on any atom is -0.370 e. The standard InChI is InChI=1S/C25H29N5O/c1-17-4-6-21-7-5-20(19-8-10-28(3)11-9-19)16-29(21)25(31)13-23(17)24-12-22-14-26-18(2)15-30(22)27-24/h5-8,12-17,25,31H,4,9-11H2,1-3H3. The van der Waals surface area contributed by atoms with E-state index in [0.29, 0.717) is 0 Å². The molecule has 5 rings (SSSR count). The molecule has 0 saturated heterocycles. The molecule has 2 aromatic rings. The van der Waals surface area contributed by atoms with E-state index in [-0.39, 0.29) is 5.92 Å². The SMILES string of the molecule is Cc1cn2nc(C3=CC(O)N4C=C(C5=CCN(C)CC5)C=CC4=CCC3C)cc2cn1. The van der Waals surface area contributed by atoms with Crippen LogP contribution in [0.15, 0.2) is 71.9 Å². The van der Waals surface area contributed by atoms with E-state index in [1.54, 1.807) is 0 Å². The summed E-state index contributed by atoms with van der Waals surface area (Å²) in [7, 11) is 2.14. The van der Waals surface area contributed by atoms with Crippen molar-refractivity contribution in [1.29, 1.82) is 0 Å². The molecule has 0 aliphatic carbocycles. The van der Waals surface area contributed by atoms with Crippen molar-refractivity contribution in [3.8, 4) is 0 Å². The Morgan fingerprint density at radius 2 is 2.06 bits per heavy atom. The van der Waals surface area contributed by atoms with Crippen LogP contribution in [0.1, 0.15) is 31.2 Å². The number of fused-ring (bicyclic) bond motifs is 2. The van der Waals surface area contributed by atoms with Gasteiger partial charge in [-0.15, -0.1) is 0 Å².